The molecule has 172 valence electrons. The number of hydrogen-bond donors (Lipinski definition) is 3. The van der Waals surface area contributed by atoms with Gasteiger partial charge in [0.1, 0.15) is 0 Å². The molecule has 1 heterocycles. The van der Waals surface area contributed by atoms with E-state index in [2.05, 4.69) is 30.1 Å². The lowest BCUT2D eigenvalue weighted by Crippen LogP contribution is -2.54. The van der Waals surface area contributed by atoms with E-state index in [0.717, 1.165) is 55.4 Å². The first-order valence-corrected chi connectivity index (χ1v) is 11.3. The Kier molecular flexibility index (Phi) is 10.4. The Labute approximate surface area is 202 Å². The zero-order valence-corrected chi connectivity index (χ0v) is 20.2. The average Bonchev–Trinajstić information content (AvgIpc) is 3.58. The van der Waals surface area contributed by atoms with Gasteiger partial charge in [-0.2, -0.15) is 12.6 Å². The molecule has 0 aromatic heterocycles. The summed E-state index contributed by atoms with van der Waals surface area (Å²) in [5, 5.41) is 5.55. The van der Waals surface area contributed by atoms with Crippen LogP contribution in [-0.4, -0.2) is 61.0 Å². The van der Waals surface area contributed by atoms with Crippen LogP contribution in [-0.2, 0) is 11.2 Å². The monoisotopic (exact) mass is 485 g/mol. The molecule has 4 rings (SSSR count). The minimum absolute atomic E-state index is 0. The molecule has 1 saturated carbocycles. The SMILES string of the molecule is Cl.Cl.N[C@@H](CS)Cc1ccc(C(=O)N2CCNC[C@@H]2CCOC2CC2)c2ccccc12. The zero-order chi connectivity index (χ0) is 20.2. The molecule has 0 bridgehead atoms. The predicted octanol–water partition coefficient (Wildman–Crippen LogP) is 3.47. The summed E-state index contributed by atoms with van der Waals surface area (Å²) in [6.45, 7) is 3.11. The van der Waals surface area contributed by atoms with Gasteiger partial charge in [0.05, 0.1) is 6.10 Å². The van der Waals surface area contributed by atoms with Crippen LogP contribution in [0.15, 0.2) is 36.4 Å². The fourth-order valence-corrected chi connectivity index (χ4v) is 4.25. The summed E-state index contributed by atoms with van der Waals surface area (Å²) >= 11 is 4.31. The Bertz CT molecular complexity index is 866. The molecule has 2 aliphatic rings. The van der Waals surface area contributed by atoms with Crippen LogP contribution < -0.4 is 11.1 Å². The van der Waals surface area contributed by atoms with Crippen molar-refractivity contribution in [3.63, 3.8) is 0 Å². The smallest absolute Gasteiger partial charge is 0.254 e. The molecule has 2 aromatic carbocycles. The second-order valence-electron chi connectivity index (χ2n) is 8.18. The van der Waals surface area contributed by atoms with Crippen LogP contribution in [0.25, 0.3) is 10.8 Å². The summed E-state index contributed by atoms with van der Waals surface area (Å²) < 4.78 is 5.84. The number of halogens is 2. The van der Waals surface area contributed by atoms with E-state index in [1.165, 1.54) is 18.4 Å². The van der Waals surface area contributed by atoms with Gasteiger partial charge in [-0.1, -0.05) is 30.3 Å². The van der Waals surface area contributed by atoms with Crippen molar-refractivity contribution in [2.24, 2.45) is 5.73 Å². The summed E-state index contributed by atoms with van der Waals surface area (Å²) in [4.78, 5) is 15.6. The highest BCUT2D eigenvalue weighted by Gasteiger charge is 2.29. The fraction of sp³-hybridized carbons (Fsp3) is 0.522. The molecular weight excluding hydrogens is 453 g/mol. The molecule has 0 radical (unpaired) electrons. The number of nitrogens with zero attached hydrogens (tertiary/aromatic N) is 1. The molecular formula is C23H33Cl2N3O2S. The molecule has 3 N–H and O–H groups in total. The van der Waals surface area contributed by atoms with Crippen LogP contribution in [0.5, 0.6) is 0 Å². The molecule has 2 fully saturated rings. The first kappa shape index (κ1) is 26.2. The number of amides is 1. The molecule has 8 heteroatoms. The number of thiol groups is 1. The highest BCUT2D eigenvalue weighted by Crippen LogP contribution is 2.27. The minimum atomic E-state index is 0. The van der Waals surface area contributed by atoms with Gasteiger partial charge in [0.2, 0.25) is 0 Å². The summed E-state index contributed by atoms with van der Waals surface area (Å²) in [6.07, 6.45) is 4.45. The molecule has 2 aromatic rings. The number of piperazine rings is 1. The Morgan fingerprint density at radius 1 is 1.19 bits per heavy atom. The number of ether oxygens (including phenoxy) is 1. The molecule has 1 aliphatic heterocycles. The topological polar surface area (TPSA) is 67.6 Å². The Hall–Kier alpha value is -1.02. The number of carbonyl (C=O) groups excluding carboxylic acids is 1. The van der Waals surface area contributed by atoms with Crippen molar-refractivity contribution < 1.29 is 9.53 Å². The lowest BCUT2D eigenvalue weighted by Gasteiger charge is -2.36. The van der Waals surface area contributed by atoms with Crippen molar-refractivity contribution in [3.8, 4) is 0 Å². The number of nitrogens with two attached hydrogens (primary N) is 1. The van der Waals surface area contributed by atoms with E-state index in [1.54, 1.807) is 0 Å². The second-order valence-corrected chi connectivity index (χ2v) is 8.55. The minimum Gasteiger partial charge on any atom is -0.378 e. The molecule has 0 unspecified atom stereocenters. The number of carbonyl (C=O) groups is 1. The molecule has 1 amide bonds. The summed E-state index contributed by atoms with van der Waals surface area (Å²) in [5.41, 5.74) is 8.08. The molecule has 31 heavy (non-hydrogen) atoms. The molecule has 2 atom stereocenters. The molecule has 1 aliphatic carbocycles. The van der Waals surface area contributed by atoms with E-state index in [1.807, 2.05) is 29.2 Å². The summed E-state index contributed by atoms with van der Waals surface area (Å²) in [6, 6.07) is 12.4. The van der Waals surface area contributed by atoms with Gasteiger partial charge in [-0.25, -0.2) is 0 Å². The Morgan fingerprint density at radius 3 is 2.65 bits per heavy atom. The summed E-state index contributed by atoms with van der Waals surface area (Å²) in [7, 11) is 0. The third kappa shape index (κ3) is 6.50. The lowest BCUT2D eigenvalue weighted by molar-refractivity contribution is 0.0527. The number of nitrogens with one attached hydrogen (secondary N) is 1. The van der Waals surface area contributed by atoms with Crippen molar-refractivity contribution in [1.29, 1.82) is 0 Å². The zero-order valence-electron chi connectivity index (χ0n) is 17.7. The van der Waals surface area contributed by atoms with Gasteiger partial charge >= 0.3 is 0 Å². The highest BCUT2D eigenvalue weighted by molar-refractivity contribution is 7.80. The predicted molar refractivity (Wildman–Crippen MR) is 135 cm³/mol. The van der Waals surface area contributed by atoms with Gasteiger partial charge in [-0.05, 0) is 48.1 Å². The maximum absolute atomic E-state index is 13.5. The van der Waals surface area contributed by atoms with Crippen LogP contribution in [0, 0.1) is 0 Å². The quantitative estimate of drug-likeness (QED) is 0.500. The van der Waals surface area contributed by atoms with Crippen LogP contribution in [0.2, 0.25) is 0 Å². The van der Waals surface area contributed by atoms with Gasteiger partial charge in [-0.3, -0.25) is 4.79 Å². The van der Waals surface area contributed by atoms with Crippen LogP contribution >= 0.6 is 37.4 Å². The number of hydrogen-bond acceptors (Lipinski definition) is 5. The van der Waals surface area contributed by atoms with E-state index in [4.69, 9.17) is 10.5 Å². The lowest BCUT2D eigenvalue weighted by atomic mass is 9.95. The van der Waals surface area contributed by atoms with Gasteiger partial charge in [0.25, 0.3) is 5.91 Å². The maximum atomic E-state index is 13.5. The standard InChI is InChI=1S/C23H31N3O2S.2ClH/c24-17(15-29)13-16-5-8-22(21-4-2-1-3-20(16)21)23(27)26-11-10-25-14-18(26)9-12-28-19-6-7-19;;/h1-5,8,17-19,25,29H,6-7,9-15,24H2;2*1H/t17-,18+;;/m1../s1. The van der Waals surface area contributed by atoms with Crippen LogP contribution in [0.1, 0.15) is 35.2 Å². The van der Waals surface area contributed by atoms with Crippen molar-refractivity contribution in [3.05, 3.63) is 47.5 Å². The number of fused-ring (bicyclic) bond motifs is 1. The third-order valence-electron chi connectivity index (χ3n) is 5.90. The summed E-state index contributed by atoms with van der Waals surface area (Å²) in [5.74, 6) is 0.754. The van der Waals surface area contributed by atoms with E-state index >= 15 is 0 Å². The van der Waals surface area contributed by atoms with Gasteiger partial charge in [-0.15, -0.1) is 24.8 Å². The third-order valence-corrected chi connectivity index (χ3v) is 6.37. The molecule has 0 spiro atoms. The molecule has 1 saturated heterocycles. The second kappa shape index (κ2) is 12.3. The van der Waals surface area contributed by atoms with Crippen molar-refractivity contribution in [2.75, 3.05) is 32.0 Å². The fourth-order valence-electron chi connectivity index (χ4n) is 4.12. The number of rotatable bonds is 8. The van der Waals surface area contributed by atoms with E-state index in [-0.39, 0.29) is 42.8 Å². The van der Waals surface area contributed by atoms with Gasteiger partial charge in [0.15, 0.2) is 0 Å². The van der Waals surface area contributed by atoms with Crippen molar-refractivity contribution >= 4 is 54.1 Å². The van der Waals surface area contributed by atoms with Crippen molar-refractivity contribution in [1.82, 2.24) is 10.2 Å². The highest BCUT2D eigenvalue weighted by atomic mass is 35.5. The van der Waals surface area contributed by atoms with E-state index < -0.39 is 0 Å². The Morgan fingerprint density at radius 2 is 1.94 bits per heavy atom. The normalized spacial score (nSPS) is 19.4. The first-order chi connectivity index (χ1) is 14.2. The number of benzene rings is 2. The first-order valence-electron chi connectivity index (χ1n) is 10.7. The van der Waals surface area contributed by atoms with Crippen molar-refractivity contribution in [2.45, 2.75) is 43.9 Å². The maximum Gasteiger partial charge on any atom is 0.254 e. The molecule has 5 nitrogen and oxygen atoms in total. The van der Waals surface area contributed by atoms with Gasteiger partial charge in [0, 0.05) is 49.6 Å². The average molecular weight is 487 g/mol. The van der Waals surface area contributed by atoms with E-state index in [9.17, 15) is 4.79 Å². The van der Waals surface area contributed by atoms with Gasteiger partial charge < -0.3 is 20.7 Å². The van der Waals surface area contributed by atoms with Crippen LogP contribution in [0.3, 0.4) is 0 Å². The Balaban J connectivity index is 0.00000171. The van der Waals surface area contributed by atoms with E-state index in [0.29, 0.717) is 11.9 Å². The largest absolute Gasteiger partial charge is 0.378 e. The van der Waals surface area contributed by atoms with Crippen LogP contribution in [0.4, 0.5) is 0 Å².